The molecule has 1 saturated heterocycles. The topological polar surface area (TPSA) is 36.9 Å². The second-order valence-corrected chi connectivity index (χ2v) is 9.01. The Labute approximate surface area is 186 Å². The van der Waals surface area contributed by atoms with Crippen LogP contribution in [0.2, 0.25) is 0 Å². The Hall–Kier alpha value is -2.47. The van der Waals surface area contributed by atoms with E-state index < -0.39 is 21.4 Å². The first-order valence-electron chi connectivity index (χ1n) is 10.7. The van der Waals surface area contributed by atoms with Crippen molar-refractivity contribution in [3.63, 3.8) is 0 Å². The molecule has 0 bridgehead atoms. The average molecular weight is 412 g/mol. The van der Waals surface area contributed by atoms with Crippen LogP contribution >= 0.6 is 0 Å². The lowest BCUT2D eigenvalue weighted by Crippen LogP contribution is -2.61. The van der Waals surface area contributed by atoms with E-state index in [1.54, 1.807) is 0 Å². The van der Waals surface area contributed by atoms with Crippen molar-refractivity contribution in [2.45, 2.75) is 40.2 Å². The Morgan fingerprint density at radius 1 is 0.548 bits per heavy atom. The van der Waals surface area contributed by atoms with Gasteiger partial charge in [0.05, 0.1) is 0 Å². The highest BCUT2D eigenvalue weighted by Gasteiger charge is 2.43. The highest BCUT2D eigenvalue weighted by atomic mass is 16.7. The zero-order valence-corrected chi connectivity index (χ0v) is 18.8. The third kappa shape index (κ3) is 5.62. The molecule has 0 saturated carbocycles. The average Bonchev–Trinajstić information content (AvgIpc) is 2.74. The molecule has 1 aliphatic heterocycles. The summed E-state index contributed by atoms with van der Waals surface area (Å²) in [5, 5.41) is 0. The van der Waals surface area contributed by atoms with Crippen LogP contribution in [0.25, 0.3) is 0 Å². The van der Waals surface area contributed by atoms with Crippen molar-refractivity contribution in [2.24, 2.45) is 0 Å². The first kappa shape index (κ1) is 21.8. The van der Waals surface area contributed by atoms with Crippen molar-refractivity contribution in [2.75, 3.05) is 0 Å². The van der Waals surface area contributed by atoms with Crippen LogP contribution in [-0.2, 0) is 13.7 Å². The van der Waals surface area contributed by atoms with Crippen LogP contribution in [0.15, 0.2) is 72.8 Å². The number of ether oxygens (including phenoxy) is 1. The number of hydrogen-bond donors (Lipinski definition) is 0. The second-order valence-electron chi connectivity index (χ2n) is 9.01. The summed E-state index contributed by atoms with van der Waals surface area (Å²) in [7, 11) is -1.62. The van der Waals surface area contributed by atoms with Gasteiger partial charge in [0.1, 0.15) is 11.4 Å². The van der Waals surface area contributed by atoms with Gasteiger partial charge in [-0.2, -0.15) is 0 Å². The number of rotatable bonds is 4. The van der Waals surface area contributed by atoms with Crippen LogP contribution in [0.1, 0.15) is 31.9 Å². The first-order chi connectivity index (χ1) is 14.8. The van der Waals surface area contributed by atoms with Crippen molar-refractivity contribution < 1.29 is 18.5 Å². The van der Waals surface area contributed by atoms with Crippen LogP contribution in [0.3, 0.4) is 0 Å². The van der Waals surface area contributed by atoms with Gasteiger partial charge in [-0.1, -0.05) is 71.8 Å². The fourth-order valence-corrected chi connectivity index (χ4v) is 3.40. The molecule has 0 atom stereocenters. The van der Waals surface area contributed by atoms with E-state index in [2.05, 4.69) is 38.1 Å². The van der Waals surface area contributed by atoms with Crippen LogP contribution in [-0.4, -0.2) is 27.0 Å². The Kier molecular flexibility index (Phi) is 6.28. The second kappa shape index (κ2) is 8.95. The highest BCUT2D eigenvalue weighted by Crippen LogP contribution is 2.17. The Morgan fingerprint density at radius 2 is 0.871 bits per heavy atom. The molecule has 0 unspecified atom stereocenters. The maximum Gasteiger partial charge on any atom is 0.467 e. The van der Waals surface area contributed by atoms with Crippen molar-refractivity contribution >= 4 is 37.7 Å². The summed E-state index contributed by atoms with van der Waals surface area (Å²) in [6.45, 7) is 10.2. The summed E-state index contributed by atoms with van der Waals surface area (Å²) in [6, 6.07) is 24.3. The van der Waals surface area contributed by atoms with Gasteiger partial charge in [-0.05, 0) is 63.1 Å². The van der Waals surface area contributed by atoms with E-state index in [0.717, 1.165) is 22.1 Å². The summed E-state index contributed by atoms with van der Waals surface area (Å²) in [5.74, 6) is 0.813. The Morgan fingerprint density at radius 3 is 1.19 bits per heavy atom. The molecule has 0 amide bonds. The van der Waals surface area contributed by atoms with E-state index in [1.165, 1.54) is 11.1 Å². The fourth-order valence-electron chi connectivity index (χ4n) is 3.40. The van der Waals surface area contributed by atoms with Crippen molar-refractivity contribution in [1.29, 1.82) is 0 Å². The molecular formula is C24H27B3O4. The molecular weight excluding hydrogens is 385 g/mol. The van der Waals surface area contributed by atoms with E-state index >= 15 is 0 Å². The number of hydrogen-bond acceptors (Lipinski definition) is 4. The van der Waals surface area contributed by atoms with Crippen LogP contribution < -0.4 is 21.1 Å². The molecule has 4 rings (SSSR count). The van der Waals surface area contributed by atoms with Gasteiger partial charge in [0.25, 0.3) is 0 Å². The molecule has 0 N–H and O–H groups in total. The molecule has 1 aliphatic rings. The summed E-state index contributed by atoms with van der Waals surface area (Å²) >= 11 is 0. The standard InChI is InChI=1S/C24H27B3O4/c1-18-6-10-20(11-7-18)25-29-26(21-12-8-19(2)9-13-21)31-27(30-25)22-14-16-23(17-15-22)28-24(3,4)5/h6-17H,1-5H3. The first-order valence-corrected chi connectivity index (χ1v) is 10.7. The summed E-state index contributed by atoms with van der Waals surface area (Å²) < 4.78 is 24.6. The van der Waals surface area contributed by atoms with Crippen molar-refractivity contribution in [3.05, 3.63) is 83.9 Å². The van der Waals surface area contributed by atoms with Gasteiger partial charge >= 0.3 is 21.4 Å². The van der Waals surface area contributed by atoms with E-state index in [0.29, 0.717) is 0 Å². The van der Waals surface area contributed by atoms with Gasteiger partial charge < -0.3 is 18.5 Å². The van der Waals surface area contributed by atoms with Crippen molar-refractivity contribution in [1.82, 2.24) is 0 Å². The number of aryl methyl sites for hydroxylation is 2. The Bertz CT molecular complexity index is 945. The fraction of sp³-hybridized carbons (Fsp3) is 0.250. The van der Waals surface area contributed by atoms with Gasteiger partial charge in [-0.3, -0.25) is 0 Å². The third-order valence-corrected chi connectivity index (χ3v) is 5.02. The van der Waals surface area contributed by atoms with Crippen molar-refractivity contribution in [3.8, 4) is 5.75 Å². The molecule has 4 nitrogen and oxygen atoms in total. The molecule has 0 aromatic heterocycles. The van der Waals surface area contributed by atoms with Gasteiger partial charge in [0, 0.05) is 0 Å². The molecule has 31 heavy (non-hydrogen) atoms. The van der Waals surface area contributed by atoms with Gasteiger partial charge in [0.15, 0.2) is 0 Å². The minimum atomic E-state index is -0.560. The molecule has 7 heteroatoms. The molecule has 0 aliphatic carbocycles. The van der Waals surface area contributed by atoms with E-state index in [9.17, 15) is 0 Å². The third-order valence-electron chi connectivity index (χ3n) is 5.02. The van der Waals surface area contributed by atoms with Crippen LogP contribution in [0.5, 0.6) is 5.75 Å². The molecule has 1 fully saturated rings. The Balaban J connectivity index is 1.61. The largest absolute Gasteiger partial charge is 0.488 e. The predicted octanol–water partition coefficient (Wildman–Crippen LogP) is 3.03. The van der Waals surface area contributed by atoms with Gasteiger partial charge in [-0.25, -0.2) is 0 Å². The summed E-state index contributed by atoms with van der Waals surface area (Å²) in [4.78, 5) is 0. The lowest BCUT2D eigenvalue weighted by Gasteiger charge is -2.31. The summed E-state index contributed by atoms with van der Waals surface area (Å²) in [6.07, 6.45) is 0. The normalized spacial score (nSPS) is 14.7. The lowest BCUT2D eigenvalue weighted by atomic mass is 9.61. The molecule has 156 valence electrons. The zero-order chi connectivity index (χ0) is 22.0. The minimum absolute atomic E-state index is 0.250. The quantitative estimate of drug-likeness (QED) is 0.618. The monoisotopic (exact) mass is 412 g/mol. The zero-order valence-electron chi connectivity index (χ0n) is 18.8. The predicted molar refractivity (Wildman–Crippen MR) is 129 cm³/mol. The molecule has 0 radical (unpaired) electrons. The van der Waals surface area contributed by atoms with Gasteiger partial charge in [0.2, 0.25) is 0 Å². The van der Waals surface area contributed by atoms with Crippen LogP contribution in [0, 0.1) is 13.8 Å². The molecule has 3 aromatic rings. The van der Waals surface area contributed by atoms with E-state index in [-0.39, 0.29) is 5.60 Å². The van der Waals surface area contributed by atoms with Crippen LogP contribution in [0.4, 0.5) is 0 Å². The molecule has 0 spiro atoms. The number of benzene rings is 3. The van der Waals surface area contributed by atoms with Gasteiger partial charge in [-0.15, -0.1) is 0 Å². The summed E-state index contributed by atoms with van der Waals surface area (Å²) in [5.41, 5.74) is 4.97. The van der Waals surface area contributed by atoms with E-state index in [4.69, 9.17) is 18.5 Å². The maximum absolute atomic E-state index is 6.23. The lowest BCUT2D eigenvalue weighted by molar-refractivity contribution is 0.131. The molecule has 1 heterocycles. The molecule has 3 aromatic carbocycles. The SMILES string of the molecule is Cc1ccc(B2OB(c3ccc(C)cc3)OB(c3ccc(OC(C)(C)C)cc3)O2)cc1. The maximum atomic E-state index is 6.23. The van der Waals surface area contributed by atoms with E-state index in [1.807, 2.05) is 69.3 Å². The minimum Gasteiger partial charge on any atom is -0.488 e. The highest BCUT2D eigenvalue weighted by molar-refractivity contribution is 6.87. The smallest absolute Gasteiger partial charge is 0.467 e.